The van der Waals surface area contributed by atoms with Crippen LogP contribution in [0, 0.1) is 5.92 Å². The van der Waals surface area contributed by atoms with Gasteiger partial charge in [-0.3, -0.25) is 0 Å². The summed E-state index contributed by atoms with van der Waals surface area (Å²) in [6, 6.07) is 0.0705. The van der Waals surface area contributed by atoms with Crippen LogP contribution in [-0.2, 0) is 9.47 Å². The maximum atomic E-state index is 6.14. The van der Waals surface area contributed by atoms with E-state index < -0.39 is 0 Å². The molecule has 0 aromatic carbocycles. The highest BCUT2D eigenvalue weighted by atomic mass is 16.6. The topological polar surface area (TPSA) is 44.5 Å². The molecule has 0 aromatic heterocycles. The van der Waals surface area contributed by atoms with Gasteiger partial charge < -0.3 is 15.2 Å². The molecule has 1 fully saturated rings. The van der Waals surface area contributed by atoms with Crippen molar-refractivity contribution in [2.75, 3.05) is 7.11 Å². The minimum absolute atomic E-state index is 0.0705. The van der Waals surface area contributed by atoms with Gasteiger partial charge in [-0.1, -0.05) is 13.8 Å². The average Bonchev–Trinajstić information content (AvgIpc) is 2.20. The third kappa shape index (κ3) is 1.69. The average molecular weight is 201 g/mol. The molecule has 1 heterocycles. The van der Waals surface area contributed by atoms with Crippen LogP contribution in [0.2, 0.25) is 0 Å². The fourth-order valence-corrected chi connectivity index (χ4v) is 2.28. The maximum Gasteiger partial charge on any atom is 0.0949 e. The molecule has 2 unspecified atom stereocenters. The number of methoxy groups -OCH3 is 1. The first kappa shape index (κ1) is 12.0. The molecule has 0 amide bonds. The van der Waals surface area contributed by atoms with E-state index in [1.165, 1.54) is 0 Å². The van der Waals surface area contributed by atoms with Crippen molar-refractivity contribution >= 4 is 0 Å². The van der Waals surface area contributed by atoms with Gasteiger partial charge in [0.2, 0.25) is 0 Å². The Labute approximate surface area is 86.9 Å². The summed E-state index contributed by atoms with van der Waals surface area (Å²) in [5, 5.41) is 0. The van der Waals surface area contributed by atoms with E-state index in [0.717, 1.165) is 6.42 Å². The lowest BCUT2D eigenvalue weighted by Crippen LogP contribution is -2.62. The molecule has 0 aromatic rings. The van der Waals surface area contributed by atoms with E-state index in [-0.39, 0.29) is 23.9 Å². The largest absolute Gasteiger partial charge is 0.375 e. The molecule has 0 bridgehead atoms. The predicted octanol–water partition coefficient (Wildman–Crippen LogP) is 1.55. The Morgan fingerprint density at radius 2 is 2.00 bits per heavy atom. The Kier molecular flexibility index (Phi) is 3.56. The molecule has 0 aliphatic carbocycles. The van der Waals surface area contributed by atoms with E-state index in [1.807, 2.05) is 0 Å². The van der Waals surface area contributed by atoms with Crippen LogP contribution >= 0.6 is 0 Å². The lowest BCUT2D eigenvalue weighted by atomic mass is 9.76. The second-order valence-electron chi connectivity index (χ2n) is 4.48. The van der Waals surface area contributed by atoms with Gasteiger partial charge in [0.1, 0.15) is 0 Å². The third-order valence-electron chi connectivity index (χ3n) is 3.94. The van der Waals surface area contributed by atoms with Gasteiger partial charge in [-0.25, -0.2) is 0 Å². The fourth-order valence-electron chi connectivity index (χ4n) is 2.28. The Morgan fingerprint density at radius 3 is 2.43 bits per heavy atom. The lowest BCUT2D eigenvalue weighted by molar-refractivity contribution is -0.208. The van der Waals surface area contributed by atoms with Gasteiger partial charge in [0, 0.05) is 19.1 Å². The normalized spacial score (nSPS) is 49.3. The molecular weight excluding hydrogens is 178 g/mol. The zero-order valence-corrected chi connectivity index (χ0v) is 9.91. The van der Waals surface area contributed by atoms with E-state index >= 15 is 0 Å². The van der Waals surface area contributed by atoms with Crippen molar-refractivity contribution < 1.29 is 9.47 Å². The van der Waals surface area contributed by atoms with Gasteiger partial charge in [0.25, 0.3) is 0 Å². The number of hydrogen-bond acceptors (Lipinski definition) is 3. The van der Waals surface area contributed by atoms with Gasteiger partial charge in [0.05, 0.1) is 17.8 Å². The first-order valence-electron chi connectivity index (χ1n) is 5.43. The quantitative estimate of drug-likeness (QED) is 0.737. The van der Waals surface area contributed by atoms with Gasteiger partial charge in [-0.15, -0.1) is 0 Å². The molecule has 1 rings (SSSR count). The van der Waals surface area contributed by atoms with Crippen LogP contribution in [0.1, 0.15) is 34.1 Å². The highest BCUT2D eigenvalue weighted by Crippen LogP contribution is 2.36. The monoisotopic (exact) mass is 201 g/mol. The Hall–Kier alpha value is -0.120. The van der Waals surface area contributed by atoms with E-state index in [9.17, 15) is 0 Å². The predicted molar refractivity (Wildman–Crippen MR) is 57.2 cm³/mol. The second kappa shape index (κ2) is 4.17. The first-order chi connectivity index (χ1) is 6.47. The molecule has 5 atom stereocenters. The standard InChI is InChI=1S/C11H23NO2/c1-6-9-10(12)7(2)11(4,13-5)8(3)14-9/h7-10H,6,12H2,1-5H3/t7-,8?,9+,10?,11+/m0/s1. The van der Waals surface area contributed by atoms with E-state index in [2.05, 4.69) is 27.7 Å². The lowest BCUT2D eigenvalue weighted by Gasteiger charge is -2.49. The smallest absolute Gasteiger partial charge is 0.0949 e. The Balaban J connectivity index is 2.84. The van der Waals surface area contributed by atoms with Crippen molar-refractivity contribution in [3.8, 4) is 0 Å². The van der Waals surface area contributed by atoms with Gasteiger partial charge in [0.15, 0.2) is 0 Å². The highest BCUT2D eigenvalue weighted by Gasteiger charge is 2.47. The van der Waals surface area contributed by atoms with Crippen LogP contribution in [-0.4, -0.2) is 31.0 Å². The van der Waals surface area contributed by atoms with E-state index in [4.69, 9.17) is 15.2 Å². The van der Waals surface area contributed by atoms with Gasteiger partial charge >= 0.3 is 0 Å². The number of nitrogens with two attached hydrogens (primary N) is 1. The van der Waals surface area contributed by atoms with Crippen molar-refractivity contribution in [2.45, 2.75) is 58.0 Å². The summed E-state index contributed by atoms with van der Waals surface area (Å²) in [7, 11) is 1.73. The van der Waals surface area contributed by atoms with E-state index in [1.54, 1.807) is 7.11 Å². The van der Waals surface area contributed by atoms with Crippen LogP contribution in [0.5, 0.6) is 0 Å². The van der Waals surface area contributed by atoms with Gasteiger partial charge in [-0.2, -0.15) is 0 Å². The Morgan fingerprint density at radius 1 is 1.43 bits per heavy atom. The molecule has 1 aliphatic rings. The summed E-state index contributed by atoms with van der Waals surface area (Å²) in [5.41, 5.74) is 5.88. The molecule has 0 spiro atoms. The molecule has 1 aliphatic heterocycles. The zero-order chi connectivity index (χ0) is 10.9. The van der Waals surface area contributed by atoms with Crippen molar-refractivity contribution in [1.29, 1.82) is 0 Å². The van der Waals surface area contributed by atoms with Crippen molar-refractivity contribution in [3.63, 3.8) is 0 Å². The minimum atomic E-state index is -0.259. The summed E-state index contributed by atoms with van der Waals surface area (Å²) in [4.78, 5) is 0. The second-order valence-corrected chi connectivity index (χ2v) is 4.48. The minimum Gasteiger partial charge on any atom is -0.375 e. The maximum absolute atomic E-state index is 6.14. The first-order valence-corrected chi connectivity index (χ1v) is 5.43. The fraction of sp³-hybridized carbons (Fsp3) is 1.00. The highest BCUT2D eigenvalue weighted by molar-refractivity contribution is 4.99. The number of ether oxygens (including phenoxy) is 2. The Bertz CT molecular complexity index is 198. The van der Waals surface area contributed by atoms with Crippen molar-refractivity contribution in [1.82, 2.24) is 0 Å². The van der Waals surface area contributed by atoms with Crippen LogP contribution in [0.25, 0.3) is 0 Å². The van der Waals surface area contributed by atoms with Crippen molar-refractivity contribution in [3.05, 3.63) is 0 Å². The van der Waals surface area contributed by atoms with Gasteiger partial charge in [-0.05, 0) is 20.3 Å². The van der Waals surface area contributed by atoms with Crippen LogP contribution < -0.4 is 5.73 Å². The molecule has 3 heteroatoms. The summed E-state index contributed by atoms with van der Waals surface area (Å²) in [6.45, 7) is 8.40. The molecule has 0 radical (unpaired) electrons. The van der Waals surface area contributed by atoms with Crippen LogP contribution in [0.4, 0.5) is 0 Å². The molecule has 2 N–H and O–H groups in total. The zero-order valence-electron chi connectivity index (χ0n) is 9.91. The molecular formula is C11H23NO2. The number of hydrogen-bond donors (Lipinski definition) is 1. The SMILES string of the molecule is CC[C@H]1OC(C)[C@](C)(OC)[C@@H](C)C1N. The molecule has 1 saturated heterocycles. The van der Waals surface area contributed by atoms with Crippen LogP contribution in [0.15, 0.2) is 0 Å². The summed E-state index contributed by atoms with van der Waals surface area (Å²) >= 11 is 0. The summed E-state index contributed by atoms with van der Waals surface area (Å²) in [5.74, 6) is 0.321. The molecule has 14 heavy (non-hydrogen) atoms. The van der Waals surface area contributed by atoms with Crippen LogP contribution in [0.3, 0.4) is 0 Å². The molecule has 3 nitrogen and oxygen atoms in total. The number of rotatable bonds is 2. The summed E-state index contributed by atoms with van der Waals surface area (Å²) in [6.07, 6.45) is 1.24. The van der Waals surface area contributed by atoms with Crippen molar-refractivity contribution in [2.24, 2.45) is 11.7 Å². The summed E-state index contributed by atoms with van der Waals surface area (Å²) < 4.78 is 11.4. The third-order valence-corrected chi connectivity index (χ3v) is 3.94. The molecule has 0 saturated carbocycles. The van der Waals surface area contributed by atoms with E-state index in [0.29, 0.717) is 5.92 Å². The molecule has 84 valence electrons.